The molecule has 0 bridgehead atoms. The van der Waals surface area contributed by atoms with Crippen molar-refractivity contribution in [2.45, 2.75) is 11.2 Å². The molecule has 2 amide bonds. The van der Waals surface area contributed by atoms with Gasteiger partial charge in [0.1, 0.15) is 4.75 Å². The first kappa shape index (κ1) is 16.7. The Morgan fingerprint density at radius 2 is 2.04 bits per heavy atom. The van der Waals surface area contributed by atoms with Crippen LogP contribution in [0.25, 0.3) is 0 Å². The SMILES string of the molecule is CN(C)C(=O)C1CCS(=O)(=O)C12CN(C(=O)c1csc(Cl)c1)C2. The first-order valence-electron chi connectivity index (χ1n) is 7.15. The number of likely N-dealkylation sites (tertiary alicyclic amines) is 1. The molecule has 1 atom stereocenters. The molecule has 2 aliphatic rings. The van der Waals surface area contributed by atoms with Crippen LogP contribution in [0.4, 0.5) is 0 Å². The molecule has 0 saturated carbocycles. The van der Waals surface area contributed by atoms with E-state index >= 15 is 0 Å². The molecule has 2 fully saturated rings. The molecule has 1 aromatic rings. The fourth-order valence-electron chi connectivity index (χ4n) is 3.38. The number of hydrogen-bond acceptors (Lipinski definition) is 5. The number of carbonyl (C=O) groups excluding carboxylic acids is 2. The van der Waals surface area contributed by atoms with Crippen molar-refractivity contribution in [1.82, 2.24) is 9.80 Å². The molecule has 23 heavy (non-hydrogen) atoms. The Hall–Kier alpha value is -1.12. The van der Waals surface area contributed by atoms with E-state index in [4.69, 9.17) is 11.6 Å². The highest BCUT2D eigenvalue weighted by Gasteiger charge is 2.64. The predicted octanol–water partition coefficient (Wildman–Crippen LogP) is 1.12. The number of nitrogens with zero attached hydrogens (tertiary/aromatic N) is 2. The molecule has 1 aromatic heterocycles. The minimum atomic E-state index is -3.39. The third-order valence-corrected chi connectivity index (χ3v) is 8.33. The van der Waals surface area contributed by atoms with Crippen LogP contribution >= 0.6 is 22.9 Å². The van der Waals surface area contributed by atoms with Crippen LogP contribution in [0.1, 0.15) is 16.8 Å². The van der Waals surface area contributed by atoms with Crippen LogP contribution in [0.2, 0.25) is 4.34 Å². The van der Waals surface area contributed by atoms with Crippen molar-refractivity contribution < 1.29 is 18.0 Å². The van der Waals surface area contributed by atoms with E-state index in [1.54, 1.807) is 25.5 Å². The maximum absolute atomic E-state index is 12.5. The van der Waals surface area contributed by atoms with Crippen molar-refractivity contribution in [3.63, 3.8) is 0 Å². The van der Waals surface area contributed by atoms with Gasteiger partial charge in [-0.25, -0.2) is 8.42 Å². The number of halogens is 1. The maximum atomic E-state index is 12.5. The summed E-state index contributed by atoms with van der Waals surface area (Å²) in [5.41, 5.74) is 0.459. The van der Waals surface area contributed by atoms with E-state index in [0.29, 0.717) is 16.3 Å². The molecule has 2 aliphatic heterocycles. The van der Waals surface area contributed by atoms with Crippen LogP contribution in [-0.4, -0.2) is 67.7 Å². The molecule has 0 radical (unpaired) electrons. The Balaban J connectivity index is 1.83. The lowest BCUT2D eigenvalue weighted by molar-refractivity contribution is -0.135. The molecule has 2 saturated heterocycles. The van der Waals surface area contributed by atoms with Crippen molar-refractivity contribution in [3.8, 4) is 0 Å². The van der Waals surface area contributed by atoms with Gasteiger partial charge >= 0.3 is 0 Å². The summed E-state index contributed by atoms with van der Waals surface area (Å²) in [5.74, 6) is -0.991. The zero-order valence-electron chi connectivity index (χ0n) is 12.8. The van der Waals surface area contributed by atoms with E-state index in [-0.39, 0.29) is 30.7 Å². The highest BCUT2D eigenvalue weighted by molar-refractivity contribution is 7.93. The molecule has 0 N–H and O–H groups in total. The second-order valence-corrected chi connectivity index (χ2v) is 10.3. The van der Waals surface area contributed by atoms with Gasteiger partial charge in [-0.15, -0.1) is 11.3 Å². The zero-order chi connectivity index (χ0) is 17.0. The van der Waals surface area contributed by atoms with Crippen molar-refractivity contribution in [2.24, 2.45) is 5.92 Å². The third kappa shape index (κ3) is 2.47. The number of amides is 2. The Kier molecular flexibility index (Phi) is 3.97. The number of sulfone groups is 1. The van der Waals surface area contributed by atoms with Crippen LogP contribution in [0, 0.1) is 5.92 Å². The number of thiophene rings is 1. The lowest BCUT2D eigenvalue weighted by Crippen LogP contribution is -2.69. The van der Waals surface area contributed by atoms with Gasteiger partial charge in [-0.1, -0.05) is 11.6 Å². The second-order valence-electron chi connectivity index (χ2n) is 6.26. The van der Waals surface area contributed by atoms with E-state index < -0.39 is 20.5 Å². The van der Waals surface area contributed by atoms with Crippen LogP contribution in [-0.2, 0) is 14.6 Å². The standard InChI is InChI=1S/C14H17ClN2O4S2/c1-16(2)13(19)10-3-4-23(20,21)14(10)7-17(8-14)12(18)9-5-11(15)22-6-9/h5-6,10H,3-4,7-8H2,1-2H3. The first-order valence-corrected chi connectivity index (χ1v) is 10.1. The fraction of sp³-hybridized carbons (Fsp3) is 0.571. The highest BCUT2D eigenvalue weighted by atomic mass is 35.5. The van der Waals surface area contributed by atoms with Crippen molar-refractivity contribution in [3.05, 3.63) is 21.3 Å². The van der Waals surface area contributed by atoms with Gasteiger partial charge in [0, 0.05) is 32.6 Å². The minimum absolute atomic E-state index is 0.00353. The summed E-state index contributed by atoms with van der Waals surface area (Å²) in [7, 11) is -0.144. The molecule has 126 valence electrons. The van der Waals surface area contributed by atoms with E-state index in [1.807, 2.05) is 0 Å². The van der Waals surface area contributed by atoms with E-state index in [0.717, 1.165) is 0 Å². The molecule has 9 heteroatoms. The quantitative estimate of drug-likeness (QED) is 0.775. The molecule has 3 heterocycles. The monoisotopic (exact) mass is 376 g/mol. The van der Waals surface area contributed by atoms with Crippen LogP contribution in [0.5, 0.6) is 0 Å². The predicted molar refractivity (Wildman–Crippen MR) is 88.6 cm³/mol. The number of hydrogen-bond donors (Lipinski definition) is 0. The van der Waals surface area contributed by atoms with Crippen LogP contribution in [0.3, 0.4) is 0 Å². The lowest BCUT2D eigenvalue weighted by Gasteiger charge is -2.49. The summed E-state index contributed by atoms with van der Waals surface area (Å²) < 4.78 is 24.4. The van der Waals surface area contributed by atoms with Gasteiger partial charge in [0.05, 0.1) is 21.6 Å². The maximum Gasteiger partial charge on any atom is 0.254 e. The van der Waals surface area contributed by atoms with E-state index in [2.05, 4.69) is 0 Å². The fourth-order valence-corrected chi connectivity index (χ4v) is 6.55. The molecular weight excluding hydrogens is 360 g/mol. The number of carbonyl (C=O) groups is 2. The Labute approximate surface area is 143 Å². The minimum Gasteiger partial charge on any atom is -0.349 e. The Morgan fingerprint density at radius 1 is 1.39 bits per heavy atom. The summed E-state index contributed by atoms with van der Waals surface area (Å²) in [6.07, 6.45) is 0.325. The Morgan fingerprint density at radius 3 is 2.57 bits per heavy atom. The van der Waals surface area contributed by atoms with E-state index in [1.165, 1.54) is 21.1 Å². The van der Waals surface area contributed by atoms with Crippen LogP contribution < -0.4 is 0 Å². The van der Waals surface area contributed by atoms with Gasteiger partial charge in [-0.3, -0.25) is 9.59 Å². The zero-order valence-corrected chi connectivity index (χ0v) is 15.2. The summed E-state index contributed by atoms with van der Waals surface area (Å²) in [5, 5.41) is 1.65. The van der Waals surface area contributed by atoms with Crippen molar-refractivity contribution >= 4 is 44.6 Å². The summed E-state index contributed by atoms with van der Waals surface area (Å²) in [6.45, 7) is 0.151. The van der Waals surface area contributed by atoms with Crippen molar-refractivity contribution in [2.75, 3.05) is 32.9 Å². The van der Waals surface area contributed by atoms with E-state index in [9.17, 15) is 18.0 Å². The van der Waals surface area contributed by atoms with Gasteiger partial charge in [0.2, 0.25) is 5.91 Å². The summed E-state index contributed by atoms with van der Waals surface area (Å²) in [6, 6.07) is 1.57. The van der Waals surface area contributed by atoms with Gasteiger partial charge in [-0.2, -0.15) is 0 Å². The normalized spacial score (nSPS) is 24.5. The van der Waals surface area contributed by atoms with Gasteiger partial charge in [0.25, 0.3) is 5.91 Å². The van der Waals surface area contributed by atoms with Gasteiger partial charge < -0.3 is 9.80 Å². The van der Waals surface area contributed by atoms with Gasteiger partial charge in [0.15, 0.2) is 9.84 Å². The first-order chi connectivity index (χ1) is 10.7. The molecule has 0 aliphatic carbocycles. The average molecular weight is 377 g/mol. The molecule has 3 rings (SSSR count). The van der Waals surface area contributed by atoms with Gasteiger partial charge in [-0.05, 0) is 12.5 Å². The summed E-state index contributed by atoms with van der Waals surface area (Å²) in [4.78, 5) is 27.6. The average Bonchev–Trinajstić information content (AvgIpc) is 2.96. The van der Waals surface area contributed by atoms with Crippen molar-refractivity contribution in [1.29, 1.82) is 0 Å². The highest BCUT2D eigenvalue weighted by Crippen LogP contribution is 2.45. The molecular formula is C14H17ClN2O4S2. The lowest BCUT2D eigenvalue weighted by atomic mass is 9.82. The third-order valence-electron chi connectivity index (χ3n) is 4.69. The van der Waals surface area contributed by atoms with Crippen LogP contribution in [0.15, 0.2) is 11.4 Å². The summed E-state index contributed by atoms with van der Waals surface area (Å²) >= 11 is 7.09. The molecule has 1 spiro atoms. The molecule has 1 unspecified atom stereocenters. The Bertz CT molecular complexity index is 765. The smallest absolute Gasteiger partial charge is 0.254 e. The largest absolute Gasteiger partial charge is 0.349 e. The topological polar surface area (TPSA) is 74.8 Å². The second kappa shape index (κ2) is 5.46. The molecule has 0 aromatic carbocycles. The number of rotatable bonds is 2. The molecule has 6 nitrogen and oxygen atoms in total.